The molecule has 108 valence electrons. The molecule has 1 aromatic carbocycles. The van der Waals surface area contributed by atoms with Gasteiger partial charge in [0.15, 0.2) is 0 Å². The van der Waals surface area contributed by atoms with Gasteiger partial charge in [0, 0.05) is 27.8 Å². The molecule has 1 saturated carbocycles. The van der Waals surface area contributed by atoms with Crippen molar-refractivity contribution in [2.75, 3.05) is 12.4 Å². The Bertz CT molecular complexity index is 735. The molecule has 21 heavy (non-hydrogen) atoms. The number of fused-ring (bicyclic) bond motifs is 1. The van der Waals surface area contributed by atoms with Crippen molar-refractivity contribution in [3.63, 3.8) is 0 Å². The molecule has 1 aliphatic heterocycles. The quantitative estimate of drug-likeness (QED) is 0.898. The van der Waals surface area contributed by atoms with Gasteiger partial charge < -0.3 is 10.6 Å². The molecule has 1 aromatic heterocycles. The largest absolute Gasteiger partial charge is 0.324 e. The minimum atomic E-state index is -0.287. The third kappa shape index (κ3) is 2.10. The second-order valence-corrected chi connectivity index (χ2v) is 6.42. The second kappa shape index (κ2) is 4.68. The van der Waals surface area contributed by atoms with Crippen molar-refractivity contribution >= 4 is 27.5 Å². The molecule has 6 heteroatoms. The lowest BCUT2D eigenvalue weighted by Gasteiger charge is -2.10. The number of carbonyl (C=O) groups excluding carboxylic acids is 1. The lowest BCUT2D eigenvalue weighted by molar-refractivity contribution is -0.117. The zero-order valence-electron chi connectivity index (χ0n) is 11.6. The molecular formula is C15H15BrN4O. The van der Waals surface area contributed by atoms with Crippen LogP contribution in [-0.2, 0) is 4.79 Å². The van der Waals surface area contributed by atoms with Crippen LogP contribution >= 0.6 is 15.9 Å². The Balaban J connectivity index is 1.76. The molecule has 2 aromatic rings. The van der Waals surface area contributed by atoms with E-state index in [1.165, 1.54) is 12.8 Å². The van der Waals surface area contributed by atoms with E-state index in [1.807, 2.05) is 23.0 Å². The first kappa shape index (κ1) is 13.0. The van der Waals surface area contributed by atoms with E-state index in [-0.39, 0.29) is 11.9 Å². The normalized spacial score (nSPS) is 20.5. The van der Waals surface area contributed by atoms with E-state index in [9.17, 15) is 4.79 Å². The van der Waals surface area contributed by atoms with Crippen molar-refractivity contribution in [3.05, 3.63) is 40.1 Å². The maximum absolute atomic E-state index is 11.9. The average molecular weight is 347 g/mol. The molecule has 1 aliphatic carbocycles. The fraction of sp³-hybridized carbons (Fsp3) is 0.333. The highest BCUT2D eigenvalue weighted by atomic mass is 79.9. The number of aromatic nitrogens is 2. The van der Waals surface area contributed by atoms with Gasteiger partial charge in [0.2, 0.25) is 5.91 Å². The van der Waals surface area contributed by atoms with Crippen molar-refractivity contribution in [2.24, 2.45) is 0 Å². The summed E-state index contributed by atoms with van der Waals surface area (Å²) < 4.78 is 2.81. The first-order valence-electron chi connectivity index (χ1n) is 7.05. The van der Waals surface area contributed by atoms with E-state index in [0.29, 0.717) is 5.92 Å². The maximum atomic E-state index is 11.9. The SMILES string of the molecule is CNC1C(=O)Nc2cc(-n3ccc(C4CC4)n3)c(Br)cc21. The van der Waals surface area contributed by atoms with Gasteiger partial charge in [-0.05, 0) is 54.0 Å². The van der Waals surface area contributed by atoms with Crippen molar-refractivity contribution < 1.29 is 4.79 Å². The van der Waals surface area contributed by atoms with Gasteiger partial charge in [0.1, 0.15) is 6.04 Å². The molecule has 0 spiro atoms. The summed E-state index contributed by atoms with van der Waals surface area (Å²) in [5.74, 6) is 0.614. The summed E-state index contributed by atoms with van der Waals surface area (Å²) in [5.41, 5.74) is 3.91. The molecule has 1 amide bonds. The van der Waals surface area contributed by atoms with Crippen molar-refractivity contribution in [1.82, 2.24) is 15.1 Å². The number of hydrogen-bond acceptors (Lipinski definition) is 3. The van der Waals surface area contributed by atoms with E-state index in [1.54, 1.807) is 7.05 Å². The van der Waals surface area contributed by atoms with Crippen LogP contribution in [-0.4, -0.2) is 22.7 Å². The molecule has 5 nitrogen and oxygen atoms in total. The van der Waals surface area contributed by atoms with Crippen LogP contribution in [0.2, 0.25) is 0 Å². The van der Waals surface area contributed by atoms with Crippen LogP contribution in [0.15, 0.2) is 28.9 Å². The summed E-state index contributed by atoms with van der Waals surface area (Å²) >= 11 is 3.60. The first-order chi connectivity index (χ1) is 10.2. The van der Waals surface area contributed by atoms with Gasteiger partial charge in [-0.25, -0.2) is 4.68 Å². The van der Waals surface area contributed by atoms with Gasteiger partial charge in [0.25, 0.3) is 0 Å². The Labute approximate surface area is 130 Å². The van der Waals surface area contributed by atoms with Crippen LogP contribution in [0, 0.1) is 0 Å². The van der Waals surface area contributed by atoms with E-state index in [2.05, 4.69) is 37.7 Å². The number of likely N-dealkylation sites (N-methyl/N-ethyl adjacent to an activating group) is 1. The summed E-state index contributed by atoms with van der Waals surface area (Å²) in [6.07, 6.45) is 4.46. The number of carbonyl (C=O) groups is 1. The summed E-state index contributed by atoms with van der Waals surface area (Å²) in [5, 5.41) is 10.6. The number of nitrogens with one attached hydrogen (secondary N) is 2. The standard InChI is InChI=1S/C15H15BrN4O/c1-17-14-9-6-10(16)13(7-12(9)18-15(14)21)20-5-4-11(19-20)8-2-3-8/h4-8,14,17H,2-3H2,1H3,(H,18,21). The van der Waals surface area contributed by atoms with Gasteiger partial charge in [0.05, 0.1) is 11.4 Å². The lowest BCUT2D eigenvalue weighted by atomic mass is 10.1. The van der Waals surface area contributed by atoms with Crippen LogP contribution < -0.4 is 10.6 Å². The predicted molar refractivity (Wildman–Crippen MR) is 83.7 cm³/mol. The summed E-state index contributed by atoms with van der Waals surface area (Å²) in [6.45, 7) is 0. The molecular weight excluding hydrogens is 332 g/mol. The summed E-state index contributed by atoms with van der Waals surface area (Å²) in [6, 6.07) is 5.75. The summed E-state index contributed by atoms with van der Waals surface area (Å²) in [7, 11) is 1.79. The monoisotopic (exact) mass is 346 g/mol. The smallest absolute Gasteiger partial charge is 0.246 e. The number of amides is 1. The third-order valence-electron chi connectivity index (χ3n) is 4.09. The molecule has 2 N–H and O–H groups in total. The van der Waals surface area contributed by atoms with Gasteiger partial charge in [-0.1, -0.05) is 0 Å². The highest BCUT2D eigenvalue weighted by Gasteiger charge is 2.31. The molecule has 1 unspecified atom stereocenters. The molecule has 1 atom stereocenters. The molecule has 0 bridgehead atoms. The Hall–Kier alpha value is -1.66. The van der Waals surface area contributed by atoms with Gasteiger partial charge in [-0.2, -0.15) is 5.10 Å². The number of anilines is 1. The van der Waals surface area contributed by atoms with Crippen LogP contribution in [0.4, 0.5) is 5.69 Å². The Morgan fingerprint density at radius 2 is 2.24 bits per heavy atom. The Morgan fingerprint density at radius 1 is 1.43 bits per heavy atom. The van der Waals surface area contributed by atoms with Gasteiger partial charge >= 0.3 is 0 Å². The molecule has 2 aliphatic rings. The maximum Gasteiger partial charge on any atom is 0.246 e. The van der Waals surface area contributed by atoms with E-state index in [4.69, 9.17) is 0 Å². The lowest BCUT2D eigenvalue weighted by Crippen LogP contribution is -2.23. The van der Waals surface area contributed by atoms with Crippen molar-refractivity contribution in [2.45, 2.75) is 24.8 Å². The fourth-order valence-electron chi connectivity index (χ4n) is 2.80. The van der Waals surface area contributed by atoms with Gasteiger partial charge in [-0.15, -0.1) is 0 Å². The van der Waals surface area contributed by atoms with Crippen molar-refractivity contribution in [1.29, 1.82) is 0 Å². The highest BCUT2D eigenvalue weighted by Crippen LogP contribution is 2.40. The fourth-order valence-corrected chi connectivity index (χ4v) is 3.34. The highest BCUT2D eigenvalue weighted by molar-refractivity contribution is 9.10. The molecule has 2 heterocycles. The average Bonchev–Trinajstić information content (AvgIpc) is 3.11. The number of benzene rings is 1. The summed E-state index contributed by atoms with van der Waals surface area (Å²) in [4.78, 5) is 11.9. The van der Waals surface area contributed by atoms with Crippen LogP contribution in [0.5, 0.6) is 0 Å². The Kier molecular flexibility index (Phi) is 2.90. The second-order valence-electron chi connectivity index (χ2n) is 5.56. The van der Waals surface area contributed by atoms with Gasteiger partial charge in [-0.3, -0.25) is 4.79 Å². The third-order valence-corrected chi connectivity index (χ3v) is 4.73. The molecule has 4 rings (SSSR count). The number of halogens is 1. The zero-order chi connectivity index (χ0) is 14.6. The minimum absolute atomic E-state index is 0.0179. The van der Waals surface area contributed by atoms with Crippen LogP contribution in [0.3, 0.4) is 0 Å². The van der Waals surface area contributed by atoms with E-state index < -0.39 is 0 Å². The molecule has 0 radical (unpaired) electrons. The zero-order valence-corrected chi connectivity index (χ0v) is 13.1. The van der Waals surface area contributed by atoms with Crippen molar-refractivity contribution in [3.8, 4) is 5.69 Å². The van der Waals surface area contributed by atoms with E-state index in [0.717, 1.165) is 27.1 Å². The number of nitrogens with zero attached hydrogens (tertiary/aromatic N) is 2. The molecule has 0 saturated heterocycles. The van der Waals surface area contributed by atoms with Crippen LogP contribution in [0.25, 0.3) is 5.69 Å². The first-order valence-corrected chi connectivity index (χ1v) is 7.84. The topological polar surface area (TPSA) is 59.0 Å². The van der Waals surface area contributed by atoms with Crippen LogP contribution in [0.1, 0.15) is 36.1 Å². The van der Waals surface area contributed by atoms with E-state index >= 15 is 0 Å². The minimum Gasteiger partial charge on any atom is -0.324 e. The predicted octanol–water partition coefficient (Wildman–Crippen LogP) is 2.72. The Morgan fingerprint density at radius 3 is 2.95 bits per heavy atom. The number of hydrogen-bond donors (Lipinski definition) is 2. The number of rotatable bonds is 3. The molecule has 1 fully saturated rings.